The van der Waals surface area contributed by atoms with Crippen molar-refractivity contribution in [2.75, 3.05) is 7.05 Å². The third kappa shape index (κ3) is 3.34. The van der Waals surface area contributed by atoms with Crippen molar-refractivity contribution in [3.05, 3.63) is 34.9 Å². The van der Waals surface area contributed by atoms with Crippen LogP contribution in [0.4, 0.5) is 0 Å². The lowest BCUT2D eigenvalue weighted by atomic mass is 9.93. The highest BCUT2D eigenvalue weighted by atomic mass is 14.9. The molecule has 2 unspecified atom stereocenters. The van der Waals surface area contributed by atoms with Crippen molar-refractivity contribution in [3.8, 4) is 0 Å². The molecule has 0 radical (unpaired) electrons. The summed E-state index contributed by atoms with van der Waals surface area (Å²) in [5.74, 6) is 0.777. The molecule has 0 heterocycles. The van der Waals surface area contributed by atoms with Crippen LogP contribution in [0.5, 0.6) is 0 Å². The lowest BCUT2D eigenvalue weighted by Crippen LogP contribution is -2.19. The Labute approximate surface area is 100 Å². The molecule has 90 valence electrons. The number of hydrogen-bond donors (Lipinski definition) is 1. The van der Waals surface area contributed by atoms with Gasteiger partial charge in [-0.2, -0.15) is 0 Å². The number of benzene rings is 1. The third-order valence-corrected chi connectivity index (χ3v) is 3.62. The summed E-state index contributed by atoms with van der Waals surface area (Å²) >= 11 is 0. The van der Waals surface area contributed by atoms with E-state index < -0.39 is 0 Å². The van der Waals surface area contributed by atoms with Crippen molar-refractivity contribution in [2.24, 2.45) is 5.92 Å². The summed E-state index contributed by atoms with van der Waals surface area (Å²) < 4.78 is 0. The van der Waals surface area contributed by atoms with Gasteiger partial charge in [-0.1, -0.05) is 38.5 Å². The SMILES string of the molecule is CCC(C)CC(NC)c1ccc(C)c(C)c1. The molecule has 0 spiro atoms. The number of aryl methyl sites for hydroxylation is 2. The van der Waals surface area contributed by atoms with E-state index in [9.17, 15) is 0 Å². The van der Waals surface area contributed by atoms with Gasteiger partial charge in [0.25, 0.3) is 0 Å². The van der Waals surface area contributed by atoms with E-state index in [-0.39, 0.29) is 0 Å². The highest BCUT2D eigenvalue weighted by molar-refractivity contribution is 5.31. The minimum atomic E-state index is 0.495. The van der Waals surface area contributed by atoms with Gasteiger partial charge in [0, 0.05) is 6.04 Å². The number of hydrogen-bond acceptors (Lipinski definition) is 1. The van der Waals surface area contributed by atoms with Gasteiger partial charge in [0.15, 0.2) is 0 Å². The molecular formula is C15H25N. The van der Waals surface area contributed by atoms with E-state index in [1.165, 1.54) is 29.5 Å². The minimum Gasteiger partial charge on any atom is -0.313 e. The van der Waals surface area contributed by atoms with E-state index in [1.807, 2.05) is 0 Å². The summed E-state index contributed by atoms with van der Waals surface area (Å²) in [7, 11) is 2.06. The molecule has 0 saturated heterocycles. The van der Waals surface area contributed by atoms with Crippen LogP contribution < -0.4 is 5.32 Å². The van der Waals surface area contributed by atoms with Crippen LogP contribution in [0.1, 0.15) is 49.4 Å². The van der Waals surface area contributed by atoms with Crippen LogP contribution in [-0.4, -0.2) is 7.05 Å². The van der Waals surface area contributed by atoms with Crippen molar-refractivity contribution in [2.45, 2.75) is 46.6 Å². The molecule has 1 nitrogen and oxygen atoms in total. The smallest absolute Gasteiger partial charge is 0.0320 e. The lowest BCUT2D eigenvalue weighted by Gasteiger charge is -2.21. The van der Waals surface area contributed by atoms with Gasteiger partial charge in [-0.15, -0.1) is 0 Å². The Balaban J connectivity index is 2.82. The average molecular weight is 219 g/mol. The van der Waals surface area contributed by atoms with Crippen molar-refractivity contribution >= 4 is 0 Å². The first-order valence-electron chi connectivity index (χ1n) is 6.32. The second-order valence-corrected chi connectivity index (χ2v) is 4.93. The van der Waals surface area contributed by atoms with Crippen LogP contribution in [0.3, 0.4) is 0 Å². The first kappa shape index (κ1) is 13.2. The molecule has 0 saturated carbocycles. The molecule has 0 aromatic heterocycles. The predicted molar refractivity (Wildman–Crippen MR) is 71.8 cm³/mol. The summed E-state index contributed by atoms with van der Waals surface area (Å²) in [6.07, 6.45) is 2.47. The van der Waals surface area contributed by atoms with Gasteiger partial charge >= 0.3 is 0 Å². The normalized spacial score (nSPS) is 14.8. The fraction of sp³-hybridized carbons (Fsp3) is 0.600. The summed E-state index contributed by atoms with van der Waals surface area (Å²) in [5.41, 5.74) is 4.19. The van der Waals surface area contributed by atoms with Gasteiger partial charge in [-0.25, -0.2) is 0 Å². The van der Waals surface area contributed by atoms with Crippen LogP contribution in [0.15, 0.2) is 18.2 Å². The van der Waals surface area contributed by atoms with Gasteiger partial charge in [0.2, 0.25) is 0 Å². The van der Waals surface area contributed by atoms with Crippen molar-refractivity contribution in [1.29, 1.82) is 0 Å². The Morgan fingerprint density at radius 1 is 1.19 bits per heavy atom. The molecule has 0 aliphatic carbocycles. The molecule has 2 atom stereocenters. The molecule has 1 rings (SSSR count). The summed E-state index contributed by atoms with van der Waals surface area (Å²) in [5, 5.41) is 3.43. The lowest BCUT2D eigenvalue weighted by molar-refractivity contribution is 0.422. The summed E-state index contributed by atoms with van der Waals surface area (Å²) in [6, 6.07) is 7.30. The molecule has 1 heteroatoms. The van der Waals surface area contributed by atoms with Crippen LogP contribution in [0.25, 0.3) is 0 Å². The maximum absolute atomic E-state index is 3.43. The molecule has 1 N–H and O–H groups in total. The molecule has 0 fully saturated rings. The Hall–Kier alpha value is -0.820. The van der Waals surface area contributed by atoms with Crippen molar-refractivity contribution < 1.29 is 0 Å². The molecule has 16 heavy (non-hydrogen) atoms. The third-order valence-electron chi connectivity index (χ3n) is 3.62. The topological polar surface area (TPSA) is 12.0 Å². The van der Waals surface area contributed by atoms with E-state index in [4.69, 9.17) is 0 Å². The Bertz CT molecular complexity index is 330. The van der Waals surface area contributed by atoms with Crippen LogP contribution >= 0.6 is 0 Å². The van der Waals surface area contributed by atoms with Crippen LogP contribution in [0, 0.1) is 19.8 Å². The zero-order valence-corrected chi connectivity index (χ0v) is 11.3. The first-order chi connectivity index (χ1) is 7.58. The van der Waals surface area contributed by atoms with Gasteiger partial charge in [0.05, 0.1) is 0 Å². The fourth-order valence-electron chi connectivity index (χ4n) is 1.97. The van der Waals surface area contributed by atoms with E-state index in [1.54, 1.807) is 0 Å². The molecule has 0 bridgehead atoms. The molecular weight excluding hydrogens is 194 g/mol. The van der Waals surface area contributed by atoms with Gasteiger partial charge < -0.3 is 5.32 Å². The standard InChI is InChI=1S/C15H25N/c1-6-11(2)9-15(16-5)14-8-7-12(3)13(4)10-14/h7-8,10-11,15-16H,6,9H2,1-5H3. The van der Waals surface area contributed by atoms with E-state index in [0.717, 1.165) is 5.92 Å². The van der Waals surface area contributed by atoms with Crippen LogP contribution in [-0.2, 0) is 0 Å². The summed E-state index contributed by atoms with van der Waals surface area (Å²) in [4.78, 5) is 0. The Morgan fingerprint density at radius 3 is 2.38 bits per heavy atom. The number of rotatable bonds is 5. The Kier molecular flexibility index (Phi) is 5.01. The van der Waals surface area contributed by atoms with E-state index in [2.05, 4.69) is 58.3 Å². The van der Waals surface area contributed by atoms with Gasteiger partial charge in [-0.05, 0) is 49.9 Å². The minimum absolute atomic E-state index is 0.495. The monoisotopic (exact) mass is 219 g/mol. The largest absolute Gasteiger partial charge is 0.313 e. The van der Waals surface area contributed by atoms with Gasteiger partial charge in [0.1, 0.15) is 0 Å². The second-order valence-electron chi connectivity index (χ2n) is 4.93. The van der Waals surface area contributed by atoms with E-state index >= 15 is 0 Å². The highest BCUT2D eigenvalue weighted by Gasteiger charge is 2.12. The predicted octanol–water partition coefficient (Wildman–Crippen LogP) is 4.00. The van der Waals surface area contributed by atoms with Crippen molar-refractivity contribution in [1.82, 2.24) is 5.32 Å². The maximum Gasteiger partial charge on any atom is 0.0320 e. The van der Waals surface area contributed by atoms with E-state index in [0.29, 0.717) is 6.04 Å². The molecule has 0 amide bonds. The average Bonchev–Trinajstić information content (AvgIpc) is 2.29. The summed E-state index contributed by atoms with van der Waals surface area (Å²) in [6.45, 7) is 8.94. The zero-order chi connectivity index (χ0) is 12.1. The molecule has 1 aromatic rings. The molecule has 0 aliphatic heterocycles. The maximum atomic E-state index is 3.43. The zero-order valence-electron chi connectivity index (χ0n) is 11.3. The van der Waals surface area contributed by atoms with Crippen LogP contribution in [0.2, 0.25) is 0 Å². The second kappa shape index (κ2) is 6.05. The molecule has 0 aliphatic rings. The number of nitrogens with one attached hydrogen (secondary N) is 1. The Morgan fingerprint density at radius 2 is 1.88 bits per heavy atom. The highest BCUT2D eigenvalue weighted by Crippen LogP contribution is 2.24. The quantitative estimate of drug-likeness (QED) is 0.789. The van der Waals surface area contributed by atoms with Gasteiger partial charge in [-0.3, -0.25) is 0 Å². The first-order valence-corrected chi connectivity index (χ1v) is 6.32. The van der Waals surface area contributed by atoms with Crippen molar-refractivity contribution in [3.63, 3.8) is 0 Å². The fourth-order valence-corrected chi connectivity index (χ4v) is 1.97. The molecule has 1 aromatic carbocycles.